The fourth-order valence-electron chi connectivity index (χ4n) is 2.06. The number of carbonyl (C=O) groups is 1. The van der Waals surface area contributed by atoms with E-state index in [1.54, 1.807) is 0 Å². The lowest BCUT2D eigenvalue weighted by atomic mass is 9.87. The lowest BCUT2D eigenvalue weighted by Crippen LogP contribution is -2.46. The Morgan fingerprint density at radius 3 is 2.67 bits per heavy atom. The number of nitrogens with one attached hydrogen (secondary N) is 1. The van der Waals surface area contributed by atoms with Crippen molar-refractivity contribution < 1.29 is 9.90 Å². The molecule has 0 aromatic heterocycles. The second kappa shape index (κ2) is 4.58. The zero-order valence-electron chi connectivity index (χ0n) is 11.0. The minimum absolute atomic E-state index is 0.0555. The molecule has 18 heavy (non-hydrogen) atoms. The van der Waals surface area contributed by atoms with Crippen LogP contribution in [0.2, 0.25) is 0 Å². The quantitative estimate of drug-likeness (QED) is 0.797. The van der Waals surface area contributed by atoms with Crippen molar-refractivity contribution in [1.29, 1.82) is 0 Å². The van der Waals surface area contributed by atoms with E-state index in [0.717, 1.165) is 11.1 Å². The lowest BCUT2D eigenvalue weighted by Gasteiger charge is -2.30. The van der Waals surface area contributed by atoms with E-state index in [1.165, 1.54) is 0 Å². The van der Waals surface area contributed by atoms with Gasteiger partial charge in [0.25, 0.3) is 5.91 Å². The predicted molar refractivity (Wildman–Crippen MR) is 71.9 cm³/mol. The van der Waals surface area contributed by atoms with Crippen molar-refractivity contribution in [2.75, 3.05) is 6.61 Å². The van der Waals surface area contributed by atoms with Gasteiger partial charge in [0.15, 0.2) is 0 Å². The third-order valence-electron chi connectivity index (χ3n) is 3.35. The normalized spacial score (nSPS) is 19.0. The molecule has 0 bridgehead atoms. The molecule has 0 saturated carbocycles. The maximum absolute atomic E-state index is 12.2. The highest BCUT2D eigenvalue weighted by molar-refractivity contribution is 6.00. The van der Waals surface area contributed by atoms with Crippen molar-refractivity contribution >= 4 is 5.91 Å². The van der Waals surface area contributed by atoms with Gasteiger partial charge >= 0.3 is 0 Å². The fourth-order valence-corrected chi connectivity index (χ4v) is 2.06. The molecule has 3 heteroatoms. The number of aliphatic hydroxyl groups is 1. The predicted octanol–water partition coefficient (Wildman–Crippen LogP) is 1.87. The van der Waals surface area contributed by atoms with E-state index in [0.29, 0.717) is 5.57 Å². The van der Waals surface area contributed by atoms with Gasteiger partial charge in [-0.2, -0.15) is 0 Å². The van der Waals surface area contributed by atoms with Crippen LogP contribution in [0.25, 0.3) is 0 Å². The van der Waals surface area contributed by atoms with Crippen LogP contribution in [0.5, 0.6) is 0 Å². The number of carbonyl (C=O) groups excluding carboxylic acids is 1. The number of hydrogen-bond acceptors (Lipinski definition) is 2. The summed E-state index contributed by atoms with van der Waals surface area (Å²) < 4.78 is 0. The standard InChI is InChI=1S/C15H19NO2/c1-15(2,3)13(9-17)16-14(18)12-8-7-10-5-4-6-11(10)12/h4-8,13,17H,9H2,1-3H3,(H,16,18)/t13-/m0/s1. The van der Waals surface area contributed by atoms with Crippen molar-refractivity contribution in [2.45, 2.75) is 26.8 Å². The first-order chi connectivity index (χ1) is 8.43. The molecule has 0 spiro atoms. The highest BCUT2D eigenvalue weighted by Crippen LogP contribution is 2.30. The van der Waals surface area contributed by atoms with Crippen LogP contribution in [0.1, 0.15) is 20.8 Å². The SMILES string of the molecule is CC(C)(C)[C@H](CO)NC(=O)C1=C2C=CC=C2C=C1. The van der Waals surface area contributed by atoms with Crippen LogP contribution in [0.3, 0.4) is 0 Å². The average molecular weight is 245 g/mol. The third kappa shape index (κ3) is 2.31. The van der Waals surface area contributed by atoms with Crippen molar-refractivity contribution in [3.8, 4) is 0 Å². The van der Waals surface area contributed by atoms with Crippen LogP contribution >= 0.6 is 0 Å². The Balaban J connectivity index is 2.15. The van der Waals surface area contributed by atoms with Crippen molar-refractivity contribution in [2.24, 2.45) is 5.41 Å². The molecule has 1 atom stereocenters. The molecule has 96 valence electrons. The molecule has 0 radical (unpaired) electrons. The summed E-state index contributed by atoms with van der Waals surface area (Å²) in [4.78, 5) is 12.2. The third-order valence-corrected chi connectivity index (χ3v) is 3.35. The molecule has 0 heterocycles. The van der Waals surface area contributed by atoms with Crippen LogP contribution in [-0.2, 0) is 4.79 Å². The summed E-state index contributed by atoms with van der Waals surface area (Å²) in [6.07, 6.45) is 9.63. The Labute approximate surface area is 108 Å². The van der Waals surface area contributed by atoms with Crippen LogP contribution in [0.15, 0.2) is 47.1 Å². The average Bonchev–Trinajstić information content (AvgIpc) is 2.84. The van der Waals surface area contributed by atoms with Crippen molar-refractivity contribution in [3.63, 3.8) is 0 Å². The van der Waals surface area contributed by atoms with Gasteiger partial charge < -0.3 is 10.4 Å². The highest BCUT2D eigenvalue weighted by Gasteiger charge is 2.28. The van der Waals surface area contributed by atoms with E-state index >= 15 is 0 Å². The minimum Gasteiger partial charge on any atom is -0.394 e. The Hall–Kier alpha value is -1.61. The van der Waals surface area contributed by atoms with Crippen molar-refractivity contribution in [1.82, 2.24) is 5.32 Å². The van der Waals surface area contributed by atoms with Crippen LogP contribution in [0.4, 0.5) is 0 Å². The Kier molecular flexibility index (Phi) is 3.26. The van der Waals surface area contributed by atoms with E-state index in [4.69, 9.17) is 0 Å². The number of aliphatic hydroxyl groups excluding tert-OH is 1. The smallest absolute Gasteiger partial charge is 0.252 e. The molecule has 0 aliphatic heterocycles. The molecule has 0 unspecified atom stereocenters. The second-order valence-corrected chi connectivity index (χ2v) is 5.72. The maximum atomic E-state index is 12.2. The number of fused-ring (bicyclic) bond motifs is 1. The summed E-state index contributed by atoms with van der Waals surface area (Å²) in [5.41, 5.74) is 2.56. The van der Waals surface area contributed by atoms with Gasteiger partial charge in [0, 0.05) is 5.57 Å². The molecule has 2 aliphatic rings. The minimum atomic E-state index is -0.245. The molecule has 2 rings (SSSR count). The molecule has 0 aromatic rings. The number of allylic oxidation sites excluding steroid dienone is 6. The van der Waals surface area contributed by atoms with E-state index in [9.17, 15) is 9.90 Å². The number of amides is 1. The topological polar surface area (TPSA) is 49.3 Å². The second-order valence-electron chi connectivity index (χ2n) is 5.72. The zero-order valence-corrected chi connectivity index (χ0v) is 11.0. The molecule has 0 fully saturated rings. The largest absolute Gasteiger partial charge is 0.394 e. The summed E-state index contributed by atoms with van der Waals surface area (Å²) in [6, 6.07) is -0.245. The molecule has 2 N–H and O–H groups in total. The lowest BCUT2D eigenvalue weighted by molar-refractivity contribution is -0.119. The first-order valence-corrected chi connectivity index (χ1v) is 6.16. The highest BCUT2D eigenvalue weighted by atomic mass is 16.3. The number of rotatable bonds is 3. The zero-order chi connectivity index (χ0) is 13.3. The van der Waals surface area contributed by atoms with E-state index in [1.807, 2.05) is 51.2 Å². The number of hydrogen-bond donors (Lipinski definition) is 2. The summed E-state index contributed by atoms with van der Waals surface area (Å²) in [6.45, 7) is 5.94. The molecule has 2 aliphatic carbocycles. The Morgan fingerprint density at radius 2 is 2.06 bits per heavy atom. The summed E-state index contributed by atoms with van der Waals surface area (Å²) in [5.74, 6) is -0.120. The monoisotopic (exact) mass is 245 g/mol. The molecular weight excluding hydrogens is 226 g/mol. The van der Waals surface area contributed by atoms with Gasteiger partial charge in [0.1, 0.15) is 0 Å². The molecule has 0 aromatic carbocycles. The summed E-state index contributed by atoms with van der Waals surface area (Å²) in [7, 11) is 0. The van der Waals surface area contributed by atoms with Gasteiger partial charge in [-0.15, -0.1) is 0 Å². The van der Waals surface area contributed by atoms with Crippen molar-refractivity contribution in [3.05, 3.63) is 47.1 Å². The Morgan fingerprint density at radius 1 is 1.33 bits per heavy atom. The first-order valence-electron chi connectivity index (χ1n) is 6.16. The van der Waals surface area contributed by atoms with Gasteiger partial charge in [-0.3, -0.25) is 4.79 Å². The van der Waals surface area contributed by atoms with Gasteiger partial charge in [0.05, 0.1) is 12.6 Å². The Bertz CT molecular complexity index is 487. The van der Waals surface area contributed by atoms with E-state index < -0.39 is 0 Å². The molecule has 0 saturated heterocycles. The van der Waals surface area contributed by atoms with Gasteiger partial charge in [0.2, 0.25) is 0 Å². The first kappa shape index (κ1) is 12.8. The van der Waals surface area contributed by atoms with Gasteiger partial charge in [-0.25, -0.2) is 0 Å². The molecule has 1 amide bonds. The molecular formula is C15H19NO2. The summed E-state index contributed by atoms with van der Waals surface area (Å²) >= 11 is 0. The maximum Gasteiger partial charge on any atom is 0.252 e. The van der Waals surface area contributed by atoms with Crippen LogP contribution in [-0.4, -0.2) is 23.7 Å². The van der Waals surface area contributed by atoms with Crippen LogP contribution in [0, 0.1) is 5.41 Å². The van der Waals surface area contributed by atoms with Gasteiger partial charge in [-0.1, -0.05) is 45.1 Å². The van der Waals surface area contributed by atoms with E-state index in [-0.39, 0.29) is 24.0 Å². The van der Waals surface area contributed by atoms with Gasteiger partial charge in [-0.05, 0) is 22.6 Å². The van der Waals surface area contributed by atoms with Crippen LogP contribution < -0.4 is 5.32 Å². The van der Waals surface area contributed by atoms with E-state index in [2.05, 4.69) is 5.32 Å². The molecule has 3 nitrogen and oxygen atoms in total. The fraction of sp³-hybridized carbons (Fsp3) is 0.400. The summed E-state index contributed by atoms with van der Waals surface area (Å²) in [5, 5.41) is 12.3.